The molecule has 1 amide bonds. The fourth-order valence-corrected chi connectivity index (χ4v) is 4.05. The van der Waals surface area contributed by atoms with Crippen molar-refractivity contribution in [1.29, 1.82) is 0 Å². The molecule has 4 N–H and O–H groups in total. The Morgan fingerprint density at radius 1 is 1.03 bits per heavy atom. The van der Waals surface area contributed by atoms with Crippen LogP contribution in [0.3, 0.4) is 0 Å². The number of hydrogen-bond acceptors (Lipinski definition) is 3. The Kier molecular flexibility index (Phi) is 5.40. The molecule has 3 aromatic carbocycles. The minimum atomic E-state index is -0.102. The van der Waals surface area contributed by atoms with Gasteiger partial charge in [-0.1, -0.05) is 42.0 Å². The summed E-state index contributed by atoms with van der Waals surface area (Å²) in [5, 5.41) is 8.85. The molecule has 0 fully saturated rings. The van der Waals surface area contributed by atoms with E-state index in [-0.39, 0.29) is 5.91 Å². The van der Waals surface area contributed by atoms with Crippen LogP contribution in [0.5, 0.6) is 0 Å². The maximum atomic E-state index is 12.6. The lowest BCUT2D eigenvalue weighted by molar-refractivity contribution is 0.0954. The van der Waals surface area contributed by atoms with Crippen LogP contribution in [0.1, 0.15) is 21.5 Å². The van der Waals surface area contributed by atoms with Gasteiger partial charge in [-0.05, 0) is 55.3 Å². The smallest absolute Gasteiger partial charge is 0.251 e. The third kappa shape index (κ3) is 4.23. The number of aromatic nitrogens is 3. The molecule has 0 aliphatic heterocycles. The highest BCUT2D eigenvalue weighted by Crippen LogP contribution is 2.24. The van der Waals surface area contributed by atoms with E-state index in [1.807, 2.05) is 61.7 Å². The lowest BCUT2D eigenvalue weighted by Crippen LogP contribution is -2.25. The van der Waals surface area contributed by atoms with Crippen molar-refractivity contribution in [3.05, 3.63) is 102 Å². The second kappa shape index (κ2) is 8.67. The molecule has 0 bridgehead atoms. The largest absolute Gasteiger partial charge is 0.384 e. The summed E-state index contributed by atoms with van der Waals surface area (Å²) in [5.41, 5.74) is 12.9. The zero-order valence-corrected chi connectivity index (χ0v) is 18.4. The maximum absolute atomic E-state index is 12.6. The Labute approximate surface area is 192 Å². The first-order valence-corrected chi connectivity index (χ1v) is 10.9. The Morgan fingerprint density at radius 2 is 1.85 bits per heavy atom. The topological polar surface area (TPSA) is 88.7 Å². The second-order valence-corrected chi connectivity index (χ2v) is 8.15. The van der Waals surface area contributed by atoms with Crippen molar-refractivity contribution in [3.63, 3.8) is 0 Å². The second-order valence-electron chi connectivity index (χ2n) is 8.15. The number of fused-ring (bicyclic) bond motifs is 1. The van der Waals surface area contributed by atoms with E-state index in [1.165, 1.54) is 16.5 Å². The number of nitrogens with zero attached hydrogens (tertiary/aromatic N) is 2. The van der Waals surface area contributed by atoms with Crippen LogP contribution in [0, 0.1) is 6.92 Å². The van der Waals surface area contributed by atoms with Crippen molar-refractivity contribution >= 4 is 22.6 Å². The van der Waals surface area contributed by atoms with Crippen LogP contribution >= 0.6 is 0 Å². The van der Waals surface area contributed by atoms with Gasteiger partial charge in [0.1, 0.15) is 5.82 Å². The van der Waals surface area contributed by atoms with Crippen LogP contribution in [-0.2, 0) is 6.42 Å². The average Bonchev–Trinajstić information content (AvgIpc) is 3.43. The molecule has 5 aromatic rings. The summed E-state index contributed by atoms with van der Waals surface area (Å²) in [6, 6.07) is 25.5. The van der Waals surface area contributed by atoms with Crippen LogP contribution in [0.25, 0.3) is 27.8 Å². The Morgan fingerprint density at radius 3 is 2.67 bits per heavy atom. The highest BCUT2D eigenvalue weighted by molar-refractivity contribution is 5.94. The van der Waals surface area contributed by atoms with Gasteiger partial charge in [0.15, 0.2) is 0 Å². The molecule has 2 aromatic heterocycles. The highest BCUT2D eigenvalue weighted by atomic mass is 16.1. The molecular weight excluding hydrogens is 410 g/mol. The number of para-hydroxylation sites is 1. The summed E-state index contributed by atoms with van der Waals surface area (Å²) >= 11 is 0. The van der Waals surface area contributed by atoms with Crippen molar-refractivity contribution < 1.29 is 4.79 Å². The summed E-state index contributed by atoms with van der Waals surface area (Å²) in [6.07, 6.45) is 2.77. The van der Waals surface area contributed by atoms with Crippen molar-refractivity contribution in [2.24, 2.45) is 0 Å². The van der Waals surface area contributed by atoms with Crippen molar-refractivity contribution in [2.75, 3.05) is 12.3 Å². The number of aryl methyl sites for hydroxylation is 1. The Bertz CT molecular complexity index is 1430. The fourth-order valence-electron chi connectivity index (χ4n) is 4.05. The van der Waals surface area contributed by atoms with Crippen molar-refractivity contribution in [2.45, 2.75) is 13.3 Å². The first kappa shape index (κ1) is 20.6. The van der Waals surface area contributed by atoms with E-state index in [1.54, 1.807) is 16.8 Å². The minimum absolute atomic E-state index is 0.102. The van der Waals surface area contributed by atoms with Gasteiger partial charge in [-0.25, -0.2) is 4.68 Å². The lowest BCUT2D eigenvalue weighted by atomic mass is 10.1. The monoisotopic (exact) mass is 435 g/mol. The molecule has 0 radical (unpaired) electrons. The number of aromatic amines is 1. The summed E-state index contributed by atoms with van der Waals surface area (Å²) in [6.45, 7) is 2.61. The van der Waals surface area contributed by atoms with E-state index >= 15 is 0 Å². The molecular formula is C27H25N5O. The summed E-state index contributed by atoms with van der Waals surface area (Å²) in [5.74, 6) is 0.442. The molecule has 0 saturated heterocycles. The van der Waals surface area contributed by atoms with Crippen LogP contribution in [-0.4, -0.2) is 27.2 Å². The summed E-state index contributed by atoms with van der Waals surface area (Å²) in [4.78, 5) is 15.9. The van der Waals surface area contributed by atoms with Gasteiger partial charge < -0.3 is 16.0 Å². The molecule has 33 heavy (non-hydrogen) atoms. The lowest BCUT2D eigenvalue weighted by Gasteiger charge is -2.07. The van der Waals surface area contributed by atoms with Gasteiger partial charge >= 0.3 is 0 Å². The molecule has 0 aliphatic carbocycles. The number of benzene rings is 3. The van der Waals surface area contributed by atoms with E-state index < -0.39 is 0 Å². The number of hydrogen-bond donors (Lipinski definition) is 3. The number of carbonyl (C=O) groups is 1. The molecule has 0 spiro atoms. The number of H-pyrrole nitrogens is 1. The van der Waals surface area contributed by atoms with E-state index in [2.05, 4.69) is 33.6 Å². The van der Waals surface area contributed by atoms with E-state index in [0.29, 0.717) is 17.9 Å². The van der Waals surface area contributed by atoms with Crippen LogP contribution in [0.15, 0.2) is 85.1 Å². The van der Waals surface area contributed by atoms with E-state index in [4.69, 9.17) is 5.73 Å². The maximum Gasteiger partial charge on any atom is 0.251 e. The predicted molar refractivity (Wildman–Crippen MR) is 132 cm³/mol. The fraction of sp³-hybridized carbons (Fsp3) is 0.111. The number of rotatable bonds is 6. The van der Waals surface area contributed by atoms with Crippen molar-refractivity contribution in [1.82, 2.24) is 20.1 Å². The average molecular weight is 436 g/mol. The van der Waals surface area contributed by atoms with Gasteiger partial charge in [-0.15, -0.1) is 0 Å². The number of nitrogens with two attached hydrogens (primary N) is 1. The molecule has 0 atom stereocenters. The molecule has 6 nitrogen and oxygen atoms in total. The molecule has 6 heteroatoms. The van der Waals surface area contributed by atoms with Crippen molar-refractivity contribution in [3.8, 4) is 16.9 Å². The summed E-state index contributed by atoms with van der Waals surface area (Å²) in [7, 11) is 0. The quantitative estimate of drug-likeness (QED) is 0.355. The zero-order valence-electron chi connectivity index (χ0n) is 18.4. The zero-order chi connectivity index (χ0) is 22.8. The predicted octanol–water partition coefficient (Wildman–Crippen LogP) is 4.88. The first-order valence-electron chi connectivity index (χ1n) is 10.9. The van der Waals surface area contributed by atoms with Gasteiger partial charge in [-0.2, -0.15) is 5.10 Å². The molecule has 2 heterocycles. The number of carbonyl (C=O) groups excluding carboxylic acids is 1. The van der Waals surface area contributed by atoms with Gasteiger partial charge in [-0.3, -0.25) is 4.79 Å². The normalized spacial score (nSPS) is 11.1. The molecule has 164 valence electrons. The third-order valence-corrected chi connectivity index (χ3v) is 5.78. The number of nitrogens with one attached hydrogen (secondary N) is 2. The summed E-state index contributed by atoms with van der Waals surface area (Å²) < 4.78 is 1.69. The van der Waals surface area contributed by atoms with Crippen LogP contribution in [0.4, 0.5) is 5.82 Å². The molecule has 0 saturated carbocycles. The number of nitrogen functional groups attached to an aromatic ring is 1. The highest BCUT2D eigenvalue weighted by Gasteiger charge is 2.11. The first-order chi connectivity index (χ1) is 16.1. The van der Waals surface area contributed by atoms with E-state index in [0.717, 1.165) is 28.9 Å². The molecule has 0 unspecified atom stereocenters. The van der Waals surface area contributed by atoms with Gasteiger partial charge in [0, 0.05) is 40.8 Å². The van der Waals surface area contributed by atoms with Gasteiger partial charge in [0.05, 0.1) is 11.4 Å². The number of amides is 1. The van der Waals surface area contributed by atoms with Crippen LogP contribution in [0.2, 0.25) is 0 Å². The van der Waals surface area contributed by atoms with Gasteiger partial charge in [0.2, 0.25) is 0 Å². The molecule has 0 aliphatic rings. The third-order valence-electron chi connectivity index (χ3n) is 5.78. The SMILES string of the molecule is Cc1cccc(-c2cc(N)n(-c3ccc(C(=O)NCCc4c[nH]c5ccccc45)cc3)n2)c1. The van der Waals surface area contributed by atoms with E-state index in [9.17, 15) is 4.79 Å². The Balaban J connectivity index is 1.25. The Hall–Kier alpha value is -4.32. The minimum Gasteiger partial charge on any atom is -0.384 e. The van der Waals surface area contributed by atoms with Crippen LogP contribution < -0.4 is 11.1 Å². The molecule has 5 rings (SSSR count). The van der Waals surface area contributed by atoms with Gasteiger partial charge in [0.25, 0.3) is 5.91 Å². The number of anilines is 1. The standard InChI is InChI=1S/C27H25N5O/c1-18-5-4-6-20(15-18)25-16-26(28)32(31-25)22-11-9-19(10-12-22)27(33)29-14-13-21-17-30-24-8-3-2-7-23(21)24/h2-12,15-17,30H,13-14,28H2,1H3,(H,29,33).